The molecule has 1 heterocycles. The summed E-state index contributed by atoms with van der Waals surface area (Å²) in [6.45, 7) is 0. The number of benzene rings is 1. The van der Waals surface area contributed by atoms with Crippen molar-refractivity contribution in [2.45, 2.75) is 50.2 Å². The second kappa shape index (κ2) is 6.67. The van der Waals surface area contributed by atoms with Crippen LogP contribution in [0, 0.1) is 0 Å². The van der Waals surface area contributed by atoms with Crippen molar-refractivity contribution in [3.63, 3.8) is 0 Å². The fourth-order valence-electron chi connectivity index (χ4n) is 3.35. The zero-order valence-electron chi connectivity index (χ0n) is 12.3. The molecule has 0 spiro atoms. The van der Waals surface area contributed by atoms with Crippen molar-refractivity contribution >= 4 is 29.1 Å². The van der Waals surface area contributed by atoms with Crippen LogP contribution in [0.25, 0.3) is 0 Å². The van der Waals surface area contributed by atoms with Gasteiger partial charge in [-0.25, -0.2) is 0 Å². The number of quaternary nitrogens is 1. The lowest BCUT2D eigenvalue weighted by molar-refractivity contribution is -0.718. The van der Waals surface area contributed by atoms with Crippen LogP contribution in [0.4, 0.5) is 5.69 Å². The summed E-state index contributed by atoms with van der Waals surface area (Å²) in [6, 6.07) is 7.32. The van der Waals surface area contributed by atoms with Crippen molar-refractivity contribution in [1.82, 2.24) is 5.32 Å². The molecule has 1 aromatic carbocycles. The third-order valence-electron chi connectivity index (χ3n) is 4.50. The summed E-state index contributed by atoms with van der Waals surface area (Å²) in [6.07, 6.45) is 4.74. The molecule has 5 nitrogen and oxygen atoms in total. The fourth-order valence-corrected chi connectivity index (χ4v) is 3.48. The van der Waals surface area contributed by atoms with Crippen LogP contribution in [-0.4, -0.2) is 29.9 Å². The first-order chi connectivity index (χ1) is 10.6. The van der Waals surface area contributed by atoms with Gasteiger partial charge in [0.25, 0.3) is 5.91 Å². The predicted octanol–water partition coefficient (Wildman–Crippen LogP) is 1.04. The summed E-state index contributed by atoms with van der Waals surface area (Å²) in [5.41, 5.74) is 0.696. The Hall–Kier alpha value is -1.59. The zero-order valence-corrected chi connectivity index (χ0v) is 13.1. The lowest BCUT2D eigenvalue weighted by atomic mass is 9.87. The summed E-state index contributed by atoms with van der Waals surface area (Å²) >= 11 is 5.82. The number of rotatable bonds is 3. The number of hydrogen-bond acceptors (Lipinski definition) is 2. The van der Waals surface area contributed by atoms with E-state index in [-0.39, 0.29) is 30.3 Å². The second-order valence-corrected chi connectivity index (χ2v) is 6.56. The van der Waals surface area contributed by atoms with Crippen molar-refractivity contribution in [3.05, 3.63) is 29.3 Å². The quantitative estimate of drug-likeness (QED) is 0.778. The minimum atomic E-state index is -0.327. The molecule has 4 N–H and O–H groups in total. The Balaban J connectivity index is 1.56. The molecule has 22 heavy (non-hydrogen) atoms. The van der Waals surface area contributed by atoms with E-state index in [1.807, 2.05) is 0 Å². The van der Waals surface area contributed by atoms with Gasteiger partial charge in [-0.3, -0.25) is 9.59 Å². The van der Waals surface area contributed by atoms with E-state index < -0.39 is 0 Å². The third kappa shape index (κ3) is 3.59. The summed E-state index contributed by atoms with van der Waals surface area (Å²) in [4.78, 5) is 24.3. The van der Waals surface area contributed by atoms with Crippen LogP contribution in [-0.2, 0) is 9.59 Å². The van der Waals surface area contributed by atoms with Gasteiger partial charge in [0.1, 0.15) is 6.04 Å². The lowest BCUT2D eigenvalue weighted by Crippen LogP contribution is -3.03. The van der Waals surface area contributed by atoms with Crippen LogP contribution in [0.3, 0.4) is 0 Å². The maximum absolute atomic E-state index is 12.1. The molecule has 1 saturated heterocycles. The molecule has 118 valence electrons. The zero-order chi connectivity index (χ0) is 15.5. The molecule has 2 amide bonds. The molecule has 0 bridgehead atoms. The number of piperazine rings is 1. The van der Waals surface area contributed by atoms with Gasteiger partial charge in [0.2, 0.25) is 5.91 Å². The number of anilines is 1. The number of carbonyl (C=O) groups excluding carboxylic acids is 2. The van der Waals surface area contributed by atoms with Gasteiger partial charge in [0, 0.05) is 17.1 Å². The van der Waals surface area contributed by atoms with Gasteiger partial charge in [0.05, 0.1) is 12.5 Å². The molecule has 0 radical (unpaired) electrons. The molecule has 1 aliphatic heterocycles. The highest BCUT2D eigenvalue weighted by atomic mass is 35.5. The van der Waals surface area contributed by atoms with E-state index >= 15 is 0 Å². The number of nitrogens with two attached hydrogens (primary N) is 1. The summed E-state index contributed by atoms with van der Waals surface area (Å²) in [5, 5.41) is 8.60. The molecular formula is C16H21ClN3O2+. The fraction of sp³-hybridized carbons (Fsp3) is 0.500. The largest absolute Gasteiger partial charge is 0.342 e. The Labute approximate surface area is 134 Å². The highest BCUT2D eigenvalue weighted by molar-refractivity contribution is 6.30. The molecule has 0 unspecified atom stereocenters. The van der Waals surface area contributed by atoms with Gasteiger partial charge < -0.3 is 16.0 Å². The van der Waals surface area contributed by atoms with Crippen LogP contribution >= 0.6 is 11.6 Å². The Bertz CT molecular complexity index is 561. The Morgan fingerprint density at radius 1 is 1.27 bits per heavy atom. The minimum Gasteiger partial charge on any atom is -0.342 e. The first-order valence-electron chi connectivity index (χ1n) is 7.82. The summed E-state index contributed by atoms with van der Waals surface area (Å²) in [5.74, 6) is -0.164. The molecule has 2 aliphatic rings. The number of carbonyl (C=O) groups is 2. The third-order valence-corrected chi connectivity index (χ3v) is 4.75. The highest BCUT2D eigenvalue weighted by Gasteiger charge is 2.40. The smallest absolute Gasteiger partial charge is 0.279 e. The van der Waals surface area contributed by atoms with Crippen LogP contribution in [0.5, 0.6) is 0 Å². The minimum absolute atomic E-state index is 0.0191. The molecule has 3 rings (SSSR count). The average molecular weight is 323 g/mol. The number of nitrogens with one attached hydrogen (secondary N) is 2. The molecule has 3 atom stereocenters. The Morgan fingerprint density at radius 3 is 2.77 bits per heavy atom. The molecule has 2 fully saturated rings. The molecule has 6 heteroatoms. The number of fused-ring (bicyclic) bond motifs is 1. The monoisotopic (exact) mass is 322 g/mol. The van der Waals surface area contributed by atoms with Gasteiger partial charge in [-0.1, -0.05) is 18.0 Å². The van der Waals surface area contributed by atoms with Crippen LogP contribution in [0.15, 0.2) is 24.3 Å². The molecule has 0 aromatic heterocycles. The first kappa shape index (κ1) is 15.3. The molecule has 1 aliphatic carbocycles. The van der Waals surface area contributed by atoms with Crippen molar-refractivity contribution in [3.8, 4) is 0 Å². The van der Waals surface area contributed by atoms with E-state index in [1.54, 1.807) is 24.3 Å². The molecular weight excluding hydrogens is 302 g/mol. The van der Waals surface area contributed by atoms with Gasteiger partial charge >= 0.3 is 0 Å². The average Bonchev–Trinajstić information content (AvgIpc) is 2.50. The number of hydrogen-bond donors (Lipinski definition) is 3. The van der Waals surface area contributed by atoms with Crippen LogP contribution in [0.1, 0.15) is 32.1 Å². The van der Waals surface area contributed by atoms with Crippen LogP contribution < -0.4 is 16.0 Å². The maximum Gasteiger partial charge on any atom is 0.279 e. The van der Waals surface area contributed by atoms with E-state index in [9.17, 15) is 9.59 Å². The van der Waals surface area contributed by atoms with E-state index in [0.29, 0.717) is 16.8 Å². The predicted molar refractivity (Wildman–Crippen MR) is 84.6 cm³/mol. The molecule has 1 saturated carbocycles. The van der Waals surface area contributed by atoms with Gasteiger partial charge in [-0.05, 0) is 37.1 Å². The van der Waals surface area contributed by atoms with E-state index in [4.69, 9.17) is 11.6 Å². The van der Waals surface area contributed by atoms with Crippen molar-refractivity contribution in [1.29, 1.82) is 0 Å². The van der Waals surface area contributed by atoms with Crippen molar-refractivity contribution in [2.24, 2.45) is 0 Å². The Kier molecular flexibility index (Phi) is 4.64. The van der Waals surface area contributed by atoms with Gasteiger partial charge in [0.15, 0.2) is 6.04 Å². The summed E-state index contributed by atoms with van der Waals surface area (Å²) < 4.78 is 0. The first-order valence-corrected chi connectivity index (χ1v) is 8.20. The normalized spacial score (nSPS) is 27.7. The number of halogens is 1. The van der Waals surface area contributed by atoms with E-state index in [2.05, 4.69) is 16.0 Å². The van der Waals surface area contributed by atoms with E-state index in [1.165, 1.54) is 12.8 Å². The highest BCUT2D eigenvalue weighted by Crippen LogP contribution is 2.19. The van der Waals surface area contributed by atoms with Crippen molar-refractivity contribution in [2.75, 3.05) is 5.32 Å². The SMILES string of the molecule is O=C(C[C@H]1[NH2+][C@@H]2CCCC[C@@H]2NC1=O)Nc1ccc(Cl)cc1. The maximum atomic E-state index is 12.1. The van der Waals surface area contributed by atoms with Crippen molar-refractivity contribution < 1.29 is 14.9 Å². The van der Waals surface area contributed by atoms with E-state index in [0.717, 1.165) is 12.8 Å². The van der Waals surface area contributed by atoms with Gasteiger partial charge in [-0.15, -0.1) is 0 Å². The number of amides is 2. The standard InChI is InChI=1S/C16H20ClN3O2/c17-10-5-7-11(8-6-10)18-15(21)9-14-16(22)20-13-4-2-1-3-12(13)19-14/h5-8,12-14,19H,1-4,9H2,(H,18,21)(H,20,22)/p+1/t12-,13+,14-/m1/s1. The topological polar surface area (TPSA) is 74.8 Å². The summed E-state index contributed by atoms with van der Waals surface area (Å²) in [7, 11) is 0. The van der Waals surface area contributed by atoms with Crippen LogP contribution in [0.2, 0.25) is 5.02 Å². The second-order valence-electron chi connectivity index (χ2n) is 6.12. The lowest BCUT2D eigenvalue weighted by Gasteiger charge is -2.37. The Morgan fingerprint density at radius 2 is 2.00 bits per heavy atom. The van der Waals surface area contributed by atoms with Gasteiger partial charge in [-0.2, -0.15) is 0 Å². The molecule has 1 aromatic rings.